The Morgan fingerprint density at radius 2 is 2.09 bits per heavy atom. The minimum Gasteiger partial charge on any atom is -0.367 e. The Morgan fingerprint density at radius 3 is 2.83 bits per heavy atom. The number of benzene rings is 1. The summed E-state index contributed by atoms with van der Waals surface area (Å²) in [5, 5.41) is 7.91. The van der Waals surface area contributed by atoms with Gasteiger partial charge in [0, 0.05) is 31.2 Å². The number of aromatic amines is 1. The van der Waals surface area contributed by atoms with E-state index in [-0.39, 0.29) is 17.7 Å². The highest BCUT2D eigenvalue weighted by molar-refractivity contribution is 6.02. The molecule has 2 amide bonds. The molecule has 0 unspecified atom stereocenters. The summed E-state index contributed by atoms with van der Waals surface area (Å²) in [6.45, 7) is 0. The van der Waals surface area contributed by atoms with Crippen molar-refractivity contribution >= 4 is 22.7 Å². The molecule has 0 saturated carbocycles. The fourth-order valence-electron chi connectivity index (χ4n) is 3.18. The summed E-state index contributed by atoms with van der Waals surface area (Å²) in [6.07, 6.45) is 4.70. The molecule has 1 fully saturated rings. The molecular formula is C17H16N4O2. The maximum atomic E-state index is 12.1. The molecule has 6 nitrogen and oxygen atoms in total. The monoisotopic (exact) mass is 308 g/mol. The summed E-state index contributed by atoms with van der Waals surface area (Å²) in [5.74, 6) is -0.827. The fourth-order valence-corrected chi connectivity index (χ4v) is 3.18. The number of aromatic nitrogens is 3. The number of fused-ring (bicyclic) bond motifs is 1. The van der Waals surface area contributed by atoms with E-state index in [0.717, 1.165) is 27.7 Å². The Kier molecular flexibility index (Phi) is 3.04. The van der Waals surface area contributed by atoms with Crippen LogP contribution in [0.5, 0.6) is 0 Å². The van der Waals surface area contributed by atoms with Gasteiger partial charge in [0.1, 0.15) is 0 Å². The Morgan fingerprint density at radius 1 is 1.22 bits per heavy atom. The molecule has 2 aromatic heterocycles. The highest BCUT2D eigenvalue weighted by atomic mass is 16.2. The first-order valence-corrected chi connectivity index (χ1v) is 7.57. The average molecular weight is 308 g/mol. The highest BCUT2D eigenvalue weighted by Gasteiger charge is 2.31. The van der Waals surface area contributed by atoms with E-state index in [1.54, 1.807) is 4.68 Å². The van der Waals surface area contributed by atoms with Crippen molar-refractivity contribution in [1.82, 2.24) is 20.1 Å². The molecule has 0 spiro atoms. The van der Waals surface area contributed by atoms with Crippen LogP contribution in [-0.4, -0.2) is 26.6 Å². The minimum atomic E-state index is -0.366. The van der Waals surface area contributed by atoms with Crippen molar-refractivity contribution in [1.29, 1.82) is 0 Å². The van der Waals surface area contributed by atoms with E-state index < -0.39 is 0 Å². The zero-order chi connectivity index (χ0) is 16.0. The maximum absolute atomic E-state index is 12.1. The van der Waals surface area contributed by atoms with Crippen LogP contribution in [0.15, 0.2) is 36.7 Å². The molecule has 116 valence electrons. The quantitative estimate of drug-likeness (QED) is 0.711. The van der Waals surface area contributed by atoms with E-state index >= 15 is 0 Å². The molecule has 1 saturated heterocycles. The van der Waals surface area contributed by atoms with Crippen molar-refractivity contribution in [3.63, 3.8) is 0 Å². The van der Waals surface area contributed by atoms with Crippen LogP contribution in [0, 0.1) is 0 Å². The smallest absolute Gasteiger partial charge is 0.235 e. The van der Waals surface area contributed by atoms with Crippen LogP contribution in [0.1, 0.15) is 24.5 Å². The lowest BCUT2D eigenvalue weighted by Crippen LogP contribution is -2.39. The normalized spacial score (nSPS) is 18.4. The van der Waals surface area contributed by atoms with Gasteiger partial charge < -0.3 is 4.98 Å². The van der Waals surface area contributed by atoms with Gasteiger partial charge in [0.15, 0.2) is 0 Å². The third kappa shape index (κ3) is 2.23. The maximum Gasteiger partial charge on any atom is 0.235 e. The summed E-state index contributed by atoms with van der Waals surface area (Å²) in [7, 11) is 1.87. The van der Waals surface area contributed by atoms with Gasteiger partial charge in [-0.15, -0.1) is 0 Å². The van der Waals surface area contributed by atoms with Crippen LogP contribution in [0.2, 0.25) is 0 Å². The van der Waals surface area contributed by atoms with Crippen molar-refractivity contribution in [3.05, 3.63) is 42.4 Å². The Hall–Kier alpha value is -2.89. The van der Waals surface area contributed by atoms with Crippen molar-refractivity contribution in [2.24, 2.45) is 7.05 Å². The number of aryl methyl sites for hydroxylation is 1. The second-order valence-corrected chi connectivity index (χ2v) is 5.84. The fraction of sp³-hybridized carbons (Fsp3) is 0.235. The molecule has 4 rings (SSSR count). The van der Waals surface area contributed by atoms with Crippen molar-refractivity contribution in [2.45, 2.75) is 18.8 Å². The van der Waals surface area contributed by atoms with Gasteiger partial charge in [-0.05, 0) is 29.7 Å². The zero-order valence-electron chi connectivity index (χ0n) is 12.7. The van der Waals surface area contributed by atoms with E-state index in [0.29, 0.717) is 12.8 Å². The SMILES string of the molecule is Cn1nc([C@H]2CCC(=O)NC2=O)c2ccc(-c3cc[nH]c3)cc21. The molecule has 6 heteroatoms. The molecule has 1 aromatic carbocycles. The molecule has 1 aliphatic rings. The number of nitrogens with zero attached hydrogens (tertiary/aromatic N) is 2. The zero-order valence-corrected chi connectivity index (χ0v) is 12.7. The van der Waals surface area contributed by atoms with Gasteiger partial charge in [0.25, 0.3) is 0 Å². The second kappa shape index (κ2) is 5.08. The highest BCUT2D eigenvalue weighted by Crippen LogP contribution is 2.32. The number of amides is 2. The van der Waals surface area contributed by atoms with E-state index in [2.05, 4.69) is 21.5 Å². The molecule has 0 bridgehead atoms. The standard InChI is InChI=1S/C17H16N4O2/c1-21-14-8-10(11-6-7-18-9-11)2-3-12(14)16(20-21)13-4-5-15(22)19-17(13)23/h2-3,6-9,13,18H,4-5H2,1H3,(H,19,22,23)/t13-/m1/s1. The Labute approximate surface area is 132 Å². The van der Waals surface area contributed by atoms with Gasteiger partial charge in [-0.3, -0.25) is 19.6 Å². The predicted molar refractivity (Wildman–Crippen MR) is 85.6 cm³/mol. The molecule has 1 atom stereocenters. The lowest BCUT2D eigenvalue weighted by Gasteiger charge is -2.19. The number of hydrogen-bond donors (Lipinski definition) is 2. The summed E-state index contributed by atoms with van der Waals surface area (Å²) in [6, 6.07) is 8.12. The van der Waals surface area contributed by atoms with Crippen LogP contribution in [0.3, 0.4) is 0 Å². The number of carbonyl (C=O) groups excluding carboxylic acids is 2. The Balaban J connectivity index is 1.80. The Bertz CT molecular complexity index is 908. The molecule has 0 aliphatic carbocycles. The van der Waals surface area contributed by atoms with Gasteiger partial charge in [-0.25, -0.2) is 0 Å². The second-order valence-electron chi connectivity index (χ2n) is 5.84. The number of rotatable bonds is 2. The number of carbonyl (C=O) groups is 2. The molecule has 23 heavy (non-hydrogen) atoms. The average Bonchev–Trinajstić information content (AvgIpc) is 3.16. The van der Waals surface area contributed by atoms with Crippen LogP contribution >= 0.6 is 0 Å². The summed E-state index contributed by atoms with van der Waals surface area (Å²) in [5.41, 5.74) is 3.92. The number of nitrogens with one attached hydrogen (secondary N) is 2. The van der Waals surface area contributed by atoms with Crippen LogP contribution in [-0.2, 0) is 16.6 Å². The summed E-state index contributed by atoms with van der Waals surface area (Å²) in [4.78, 5) is 26.5. The van der Waals surface area contributed by atoms with Gasteiger partial charge in [0.05, 0.1) is 17.1 Å². The van der Waals surface area contributed by atoms with Gasteiger partial charge in [-0.1, -0.05) is 12.1 Å². The molecule has 3 heterocycles. The lowest BCUT2D eigenvalue weighted by molar-refractivity contribution is -0.134. The van der Waals surface area contributed by atoms with Crippen LogP contribution < -0.4 is 5.32 Å². The number of piperidine rings is 1. The first kappa shape index (κ1) is 13.8. The minimum absolute atomic E-state index is 0.207. The number of hydrogen-bond acceptors (Lipinski definition) is 3. The molecule has 3 aromatic rings. The van der Waals surface area contributed by atoms with Crippen molar-refractivity contribution in [2.75, 3.05) is 0 Å². The molecule has 0 radical (unpaired) electrons. The van der Waals surface area contributed by atoms with Gasteiger partial charge in [0.2, 0.25) is 11.8 Å². The van der Waals surface area contributed by atoms with Gasteiger partial charge >= 0.3 is 0 Å². The number of imide groups is 1. The number of H-pyrrole nitrogens is 1. The first-order valence-electron chi connectivity index (χ1n) is 7.57. The van der Waals surface area contributed by atoms with E-state index in [1.165, 1.54) is 0 Å². The van der Waals surface area contributed by atoms with E-state index in [1.807, 2.05) is 37.6 Å². The molecule has 1 aliphatic heterocycles. The van der Waals surface area contributed by atoms with Crippen molar-refractivity contribution < 1.29 is 9.59 Å². The van der Waals surface area contributed by atoms with Crippen LogP contribution in [0.25, 0.3) is 22.0 Å². The topological polar surface area (TPSA) is 79.8 Å². The van der Waals surface area contributed by atoms with Gasteiger partial charge in [-0.2, -0.15) is 5.10 Å². The first-order chi connectivity index (χ1) is 11.1. The van der Waals surface area contributed by atoms with Crippen LogP contribution in [0.4, 0.5) is 0 Å². The molecular weight excluding hydrogens is 292 g/mol. The predicted octanol–water partition coefficient (Wildman–Crippen LogP) is 2.09. The largest absolute Gasteiger partial charge is 0.367 e. The van der Waals surface area contributed by atoms with E-state index in [4.69, 9.17) is 0 Å². The summed E-state index contributed by atoms with van der Waals surface area (Å²) < 4.78 is 1.80. The van der Waals surface area contributed by atoms with Crippen molar-refractivity contribution in [3.8, 4) is 11.1 Å². The lowest BCUT2D eigenvalue weighted by atomic mass is 9.92. The summed E-state index contributed by atoms with van der Waals surface area (Å²) >= 11 is 0. The van der Waals surface area contributed by atoms with E-state index in [9.17, 15) is 9.59 Å². The third-order valence-electron chi connectivity index (χ3n) is 4.38. The third-order valence-corrected chi connectivity index (χ3v) is 4.38. The molecule has 2 N–H and O–H groups in total.